The van der Waals surface area contributed by atoms with Gasteiger partial charge in [-0.2, -0.15) is 0 Å². The van der Waals surface area contributed by atoms with Gasteiger partial charge in [-0.25, -0.2) is 4.98 Å². The Kier molecular flexibility index (Phi) is 3.57. The summed E-state index contributed by atoms with van der Waals surface area (Å²) in [6.07, 6.45) is 2.34. The summed E-state index contributed by atoms with van der Waals surface area (Å²) >= 11 is 1.52. The largest absolute Gasteiger partial charge is 0.338 e. The summed E-state index contributed by atoms with van der Waals surface area (Å²) in [5.74, 6) is 0.769. The summed E-state index contributed by atoms with van der Waals surface area (Å²) in [5.41, 5.74) is 2.21. The molecule has 4 rings (SSSR count). The molecule has 0 aliphatic carbocycles. The second-order valence-electron chi connectivity index (χ2n) is 6.69. The maximum atomic E-state index is 12.8. The van der Waals surface area contributed by atoms with Crippen LogP contribution in [0, 0.1) is 12.8 Å². The van der Waals surface area contributed by atoms with Gasteiger partial charge >= 0.3 is 0 Å². The Morgan fingerprint density at radius 1 is 1.26 bits per heavy atom. The van der Waals surface area contributed by atoms with Crippen molar-refractivity contribution in [3.05, 3.63) is 40.8 Å². The Hall–Kier alpha value is -1.94. The number of aromatic nitrogens is 1. The number of rotatable bonds is 1. The van der Waals surface area contributed by atoms with E-state index in [2.05, 4.69) is 38.1 Å². The number of aryl methyl sites for hydroxylation is 1. The minimum absolute atomic E-state index is 0.166. The van der Waals surface area contributed by atoms with Gasteiger partial charge in [0.15, 0.2) is 0 Å². The number of pyridine rings is 1. The quantitative estimate of drug-likeness (QED) is 0.654. The zero-order valence-corrected chi connectivity index (χ0v) is 14.3. The number of likely N-dealkylation sites (tertiary alicyclic amines) is 1. The van der Waals surface area contributed by atoms with E-state index in [9.17, 15) is 4.79 Å². The monoisotopic (exact) mass is 324 g/mol. The Morgan fingerprint density at radius 2 is 2.13 bits per heavy atom. The number of fused-ring (bicyclic) bond motifs is 2. The van der Waals surface area contributed by atoms with Crippen LogP contribution in [0.15, 0.2) is 30.3 Å². The molecule has 0 saturated carbocycles. The molecule has 2 aromatic heterocycles. The molecule has 1 saturated heterocycles. The Bertz CT molecular complexity index is 899. The van der Waals surface area contributed by atoms with E-state index in [4.69, 9.17) is 4.98 Å². The predicted molar refractivity (Wildman–Crippen MR) is 96.2 cm³/mol. The minimum atomic E-state index is 0.166. The maximum absolute atomic E-state index is 12.8. The normalized spacial score (nSPS) is 18.7. The number of nitrogens with zero attached hydrogens (tertiary/aromatic N) is 2. The zero-order chi connectivity index (χ0) is 16.0. The third-order valence-corrected chi connectivity index (χ3v) is 5.65. The van der Waals surface area contributed by atoms with Crippen LogP contribution in [0.3, 0.4) is 0 Å². The molecule has 23 heavy (non-hydrogen) atoms. The van der Waals surface area contributed by atoms with Crippen molar-refractivity contribution in [1.82, 2.24) is 9.88 Å². The molecule has 0 bridgehead atoms. The molecule has 1 aliphatic rings. The second kappa shape index (κ2) is 5.60. The van der Waals surface area contributed by atoms with Crippen LogP contribution in [-0.2, 0) is 0 Å². The van der Waals surface area contributed by atoms with Crippen molar-refractivity contribution < 1.29 is 4.79 Å². The lowest BCUT2D eigenvalue weighted by Gasteiger charge is -2.30. The first-order valence-electron chi connectivity index (χ1n) is 8.20. The van der Waals surface area contributed by atoms with Crippen molar-refractivity contribution in [3.8, 4) is 0 Å². The van der Waals surface area contributed by atoms with Gasteiger partial charge in [-0.05, 0) is 49.4 Å². The number of benzene rings is 1. The van der Waals surface area contributed by atoms with Gasteiger partial charge in [0.2, 0.25) is 0 Å². The van der Waals surface area contributed by atoms with Crippen LogP contribution in [0.2, 0.25) is 0 Å². The zero-order valence-electron chi connectivity index (χ0n) is 13.5. The maximum Gasteiger partial charge on any atom is 0.264 e. The lowest BCUT2D eigenvalue weighted by molar-refractivity contribution is 0.0688. The van der Waals surface area contributed by atoms with Crippen LogP contribution in [0.5, 0.6) is 0 Å². The van der Waals surface area contributed by atoms with Crippen molar-refractivity contribution in [2.45, 2.75) is 26.7 Å². The molecule has 3 heterocycles. The van der Waals surface area contributed by atoms with Crippen molar-refractivity contribution in [2.75, 3.05) is 13.1 Å². The van der Waals surface area contributed by atoms with Crippen LogP contribution in [0.25, 0.3) is 21.1 Å². The predicted octanol–water partition coefficient (Wildman–Crippen LogP) is 4.63. The number of piperidine rings is 1. The van der Waals surface area contributed by atoms with Gasteiger partial charge in [0.25, 0.3) is 5.91 Å². The fourth-order valence-electron chi connectivity index (χ4n) is 3.37. The SMILES string of the molecule is Cc1ccc2cc3cc(C(=O)N4CCCC(C)C4)sc3nc2c1. The minimum Gasteiger partial charge on any atom is -0.338 e. The number of thiophene rings is 1. The number of carbonyl (C=O) groups is 1. The topological polar surface area (TPSA) is 33.2 Å². The van der Waals surface area contributed by atoms with Gasteiger partial charge < -0.3 is 4.90 Å². The van der Waals surface area contributed by atoms with E-state index in [-0.39, 0.29) is 5.91 Å². The number of carbonyl (C=O) groups excluding carboxylic acids is 1. The molecule has 3 nitrogen and oxygen atoms in total. The smallest absolute Gasteiger partial charge is 0.264 e. The second-order valence-corrected chi connectivity index (χ2v) is 7.72. The molecular weight excluding hydrogens is 304 g/mol. The highest BCUT2D eigenvalue weighted by molar-refractivity contribution is 7.20. The van der Waals surface area contributed by atoms with Crippen LogP contribution in [-0.4, -0.2) is 28.9 Å². The summed E-state index contributed by atoms with van der Waals surface area (Å²) in [6.45, 7) is 6.06. The third-order valence-electron chi connectivity index (χ3n) is 4.61. The summed E-state index contributed by atoms with van der Waals surface area (Å²) in [7, 11) is 0. The molecule has 0 N–H and O–H groups in total. The lowest BCUT2D eigenvalue weighted by Crippen LogP contribution is -2.38. The molecule has 1 amide bonds. The molecule has 0 radical (unpaired) electrons. The van der Waals surface area contributed by atoms with Crippen molar-refractivity contribution in [1.29, 1.82) is 0 Å². The van der Waals surface area contributed by atoms with Crippen molar-refractivity contribution in [2.24, 2.45) is 5.92 Å². The van der Waals surface area contributed by atoms with Gasteiger partial charge in [0.05, 0.1) is 10.4 Å². The van der Waals surface area contributed by atoms with E-state index in [0.717, 1.165) is 45.5 Å². The summed E-state index contributed by atoms with van der Waals surface area (Å²) in [4.78, 5) is 21.3. The fourth-order valence-corrected chi connectivity index (χ4v) is 4.36. The molecular formula is C19H20N2OS. The van der Waals surface area contributed by atoms with Gasteiger partial charge in [0.1, 0.15) is 4.83 Å². The summed E-state index contributed by atoms with van der Waals surface area (Å²) in [5, 5.41) is 2.20. The summed E-state index contributed by atoms with van der Waals surface area (Å²) < 4.78 is 0. The Morgan fingerprint density at radius 3 is 2.96 bits per heavy atom. The summed E-state index contributed by atoms with van der Waals surface area (Å²) in [6, 6.07) is 10.4. The van der Waals surface area contributed by atoms with E-state index in [1.807, 2.05) is 11.0 Å². The van der Waals surface area contributed by atoms with Gasteiger partial charge in [-0.15, -0.1) is 11.3 Å². The molecule has 1 unspecified atom stereocenters. The average molecular weight is 324 g/mol. The molecule has 1 aromatic carbocycles. The average Bonchev–Trinajstić information content (AvgIpc) is 2.94. The Balaban J connectivity index is 1.73. The molecule has 1 atom stereocenters. The van der Waals surface area contributed by atoms with Crippen LogP contribution >= 0.6 is 11.3 Å². The van der Waals surface area contributed by atoms with Crippen LogP contribution < -0.4 is 0 Å². The van der Waals surface area contributed by atoms with Crippen molar-refractivity contribution >= 4 is 38.4 Å². The third kappa shape index (κ3) is 2.72. The Labute approximate surface area is 139 Å². The first-order chi connectivity index (χ1) is 11.1. The van der Waals surface area contributed by atoms with Crippen LogP contribution in [0.1, 0.15) is 35.0 Å². The van der Waals surface area contributed by atoms with E-state index < -0.39 is 0 Å². The molecule has 118 valence electrons. The molecule has 4 heteroatoms. The van der Waals surface area contributed by atoms with E-state index in [0.29, 0.717) is 5.92 Å². The molecule has 3 aromatic rings. The van der Waals surface area contributed by atoms with E-state index in [1.165, 1.54) is 23.3 Å². The molecule has 0 spiro atoms. The molecule has 1 fully saturated rings. The first kappa shape index (κ1) is 14.6. The first-order valence-corrected chi connectivity index (χ1v) is 9.02. The fraction of sp³-hybridized carbons (Fsp3) is 0.368. The number of hydrogen-bond acceptors (Lipinski definition) is 3. The highest BCUT2D eigenvalue weighted by Gasteiger charge is 2.23. The highest BCUT2D eigenvalue weighted by atomic mass is 32.1. The van der Waals surface area contributed by atoms with Gasteiger partial charge in [-0.3, -0.25) is 4.79 Å². The standard InChI is InChI=1S/C19H20N2OS/c1-12-5-6-14-9-15-10-17(23-18(15)20-16(14)8-12)19(22)21-7-3-4-13(2)11-21/h5-6,8-10,13H,3-4,7,11H2,1-2H3. The number of amides is 1. The van der Waals surface area contributed by atoms with Crippen molar-refractivity contribution in [3.63, 3.8) is 0 Å². The van der Waals surface area contributed by atoms with Gasteiger partial charge in [-0.1, -0.05) is 19.1 Å². The highest BCUT2D eigenvalue weighted by Crippen LogP contribution is 2.29. The number of hydrogen-bond donors (Lipinski definition) is 0. The van der Waals surface area contributed by atoms with E-state index in [1.54, 1.807) is 0 Å². The lowest BCUT2D eigenvalue weighted by atomic mass is 10.0. The molecule has 1 aliphatic heterocycles. The van der Waals surface area contributed by atoms with Gasteiger partial charge in [0, 0.05) is 23.9 Å². The van der Waals surface area contributed by atoms with E-state index >= 15 is 0 Å². The van der Waals surface area contributed by atoms with Crippen LogP contribution in [0.4, 0.5) is 0 Å².